The number of anilines is 1. The van der Waals surface area contributed by atoms with Crippen molar-refractivity contribution in [3.63, 3.8) is 0 Å². The molecule has 7 heteroatoms. The third-order valence-corrected chi connectivity index (χ3v) is 6.14. The highest BCUT2D eigenvalue weighted by atomic mass is 127. The van der Waals surface area contributed by atoms with E-state index in [2.05, 4.69) is 32.5 Å². The summed E-state index contributed by atoms with van der Waals surface area (Å²) in [4.78, 5) is 39.4. The second-order valence-corrected chi connectivity index (χ2v) is 9.19. The van der Waals surface area contributed by atoms with E-state index in [1.54, 1.807) is 18.2 Å². The van der Waals surface area contributed by atoms with E-state index in [-0.39, 0.29) is 5.57 Å². The normalized spacial score (nSPS) is 15.5. The molecule has 4 amide bonds. The lowest BCUT2D eigenvalue weighted by Crippen LogP contribution is -2.54. The quantitative estimate of drug-likeness (QED) is 0.290. The van der Waals surface area contributed by atoms with Crippen LogP contribution >= 0.6 is 22.6 Å². The zero-order valence-electron chi connectivity index (χ0n) is 18.2. The minimum absolute atomic E-state index is 0.0772. The monoisotopic (exact) mass is 539 g/mol. The Hall–Kier alpha value is -3.20. The number of amides is 4. The van der Waals surface area contributed by atoms with Gasteiger partial charge in [-0.25, -0.2) is 9.69 Å². The Bertz CT molecular complexity index is 1280. The number of rotatable bonds is 3. The maximum atomic E-state index is 13.3. The second-order valence-electron chi connectivity index (χ2n) is 7.94. The van der Waals surface area contributed by atoms with Gasteiger partial charge < -0.3 is 4.57 Å². The van der Waals surface area contributed by atoms with Crippen LogP contribution in [0.2, 0.25) is 0 Å². The van der Waals surface area contributed by atoms with E-state index in [0.717, 1.165) is 42.2 Å². The average Bonchev–Trinajstić information content (AvgIpc) is 2.98. The van der Waals surface area contributed by atoms with Gasteiger partial charge in [-0.05, 0) is 116 Å². The standard InChI is InChI=1S/C25H22IN3O3/c1-14-9-15(2)11-21(10-14)29-24(31)22(23(30)27-25(29)32)13-18-12-16(3)28(17(18)4)20-7-5-19(26)6-8-20/h5-13H,1-4H3,(H,27,30,32)/b22-13-. The Morgan fingerprint density at radius 3 is 2.09 bits per heavy atom. The predicted molar refractivity (Wildman–Crippen MR) is 133 cm³/mol. The van der Waals surface area contributed by atoms with E-state index in [1.165, 1.54) is 0 Å². The van der Waals surface area contributed by atoms with Gasteiger partial charge in [-0.1, -0.05) is 6.07 Å². The van der Waals surface area contributed by atoms with Gasteiger partial charge in [-0.3, -0.25) is 14.9 Å². The summed E-state index contributed by atoms with van der Waals surface area (Å²) in [6, 6.07) is 14.7. The summed E-state index contributed by atoms with van der Waals surface area (Å²) < 4.78 is 3.21. The van der Waals surface area contributed by atoms with Crippen LogP contribution in [0.15, 0.2) is 54.1 Å². The first-order valence-electron chi connectivity index (χ1n) is 10.1. The maximum Gasteiger partial charge on any atom is 0.335 e. The van der Waals surface area contributed by atoms with Crippen LogP contribution in [0.3, 0.4) is 0 Å². The zero-order valence-corrected chi connectivity index (χ0v) is 20.4. The number of barbiturate groups is 1. The second kappa shape index (κ2) is 8.38. The number of hydrogen-bond acceptors (Lipinski definition) is 3. The van der Waals surface area contributed by atoms with E-state index in [4.69, 9.17) is 0 Å². The first-order chi connectivity index (χ1) is 15.2. The first kappa shape index (κ1) is 22.0. The topological polar surface area (TPSA) is 71.4 Å². The van der Waals surface area contributed by atoms with E-state index in [0.29, 0.717) is 5.69 Å². The van der Waals surface area contributed by atoms with Crippen molar-refractivity contribution < 1.29 is 14.4 Å². The summed E-state index contributed by atoms with van der Waals surface area (Å²) in [5, 5.41) is 2.30. The van der Waals surface area contributed by atoms with Crippen LogP contribution in [0.1, 0.15) is 28.1 Å². The van der Waals surface area contributed by atoms with Crippen molar-refractivity contribution in [2.75, 3.05) is 4.90 Å². The van der Waals surface area contributed by atoms with Gasteiger partial charge in [-0.15, -0.1) is 0 Å². The smallest absolute Gasteiger partial charge is 0.318 e. The number of hydrogen-bond donors (Lipinski definition) is 1. The Labute approximate surface area is 200 Å². The van der Waals surface area contributed by atoms with E-state index < -0.39 is 17.8 Å². The van der Waals surface area contributed by atoms with Crippen LogP contribution in [-0.2, 0) is 9.59 Å². The number of aryl methyl sites for hydroxylation is 3. The van der Waals surface area contributed by atoms with Crippen LogP contribution in [0.4, 0.5) is 10.5 Å². The Morgan fingerprint density at radius 2 is 1.47 bits per heavy atom. The summed E-state index contributed by atoms with van der Waals surface area (Å²) in [5.41, 5.74) is 5.81. The van der Waals surface area contributed by atoms with Crippen molar-refractivity contribution in [3.8, 4) is 5.69 Å². The summed E-state index contributed by atoms with van der Waals surface area (Å²) in [6.07, 6.45) is 1.56. The molecular weight excluding hydrogens is 517 g/mol. The lowest BCUT2D eigenvalue weighted by molar-refractivity contribution is -0.122. The van der Waals surface area contributed by atoms with Gasteiger partial charge in [-0.2, -0.15) is 0 Å². The SMILES string of the molecule is Cc1cc(C)cc(N2C(=O)NC(=O)/C(=C/c3cc(C)n(-c4ccc(I)cc4)c3C)C2=O)c1. The number of nitrogens with zero attached hydrogens (tertiary/aromatic N) is 2. The molecule has 0 saturated carbocycles. The predicted octanol–water partition coefficient (Wildman–Crippen LogP) is 4.98. The molecule has 32 heavy (non-hydrogen) atoms. The van der Waals surface area contributed by atoms with Crippen molar-refractivity contribution in [2.45, 2.75) is 27.7 Å². The summed E-state index contributed by atoms with van der Waals surface area (Å²) in [6.45, 7) is 7.70. The molecule has 6 nitrogen and oxygen atoms in total. The molecule has 0 bridgehead atoms. The lowest BCUT2D eigenvalue weighted by Gasteiger charge is -2.27. The average molecular weight is 539 g/mol. The van der Waals surface area contributed by atoms with E-state index in [9.17, 15) is 14.4 Å². The minimum atomic E-state index is -0.744. The third kappa shape index (κ3) is 4.00. The molecule has 4 rings (SSSR count). The highest BCUT2D eigenvalue weighted by Gasteiger charge is 2.37. The maximum absolute atomic E-state index is 13.3. The molecule has 1 N–H and O–H groups in total. The molecule has 0 radical (unpaired) electrons. The highest BCUT2D eigenvalue weighted by Crippen LogP contribution is 2.27. The molecule has 1 aliphatic heterocycles. The van der Waals surface area contributed by atoms with E-state index >= 15 is 0 Å². The summed E-state index contributed by atoms with van der Waals surface area (Å²) in [5.74, 6) is -1.33. The Balaban J connectivity index is 1.77. The van der Waals surface area contributed by atoms with Crippen molar-refractivity contribution in [1.82, 2.24) is 9.88 Å². The number of carbonyl (C=O) groups excluding carboxylic acids is 3. The van der Waals surface area contributed by atoms with Crippen molar-refractivity contribution in [2.24, 2.45) is 0 Å². The molecule has 2 heterocycles. The van der Waals surface area contributed by atoms with Crippen molar-refractivity contribution in [3.05, 3.63) is 85.8 Å². The number of nitrogens with one attached hydrogen (secondary N) is 1. The van der Waals surface area contributed by atoms with Gasteiger partial charge in [0.15, 0.2) is 0 Å². The summed E-state index contributed by atoms with van der Waals surface area (Å²) in [7, 11) is 0. The highest BCUT2D eigenvalue weighted by molar-refractivity contribution is 14.1. The molecule has 0 aliphatic carbocycles. The van der Waals surface area contributed by atoms with Crippen molar-refractivity contribution in [1.29, 1.82) is 0 Å². The van der Waals surface area contributed by atoms with E-state index in [1.807, 2.05) is 64.1 Å². The van der Waals surface area contributed by atoms with Gasteiger partial charge in [0.05, 0.1) is 5.69 Å². The number of imide groups is 2. The van der Waals surface area contributed by atoms with Crippen LogP contribution in [0.5, 0.6) is 0 Å². The number of benzene rings is 2. The van der Waals surface area contributed by atoms with Gasteiger partial charge in [0, 0.05) is 20.6 Å². The molecule has 0 unspecified atom stereocenters. The Kier molecular flexibility index (Phi) is 5.77. The first-order valence-corrected chi connectivity index (χ1v) is 11.2. The van der Waals surface area contributed by atoms with Gasteiger partial charge in [0.1, 0.15) is 5.57 Å². The van der Waals surface area contributed by atoms with Crippen LogP contribution in [0, 0.1) is 31.3 Å². The van der Waals surface area contributed by atoms with Crippen LogP contribution in [-0.4, -0.2) is 22.4 Å². The molecule has 162 valence electrons. The number of urea groups is 1. The molecular formula is C25H22IN3O3. The van der Waals surface area contributed by atoms with Gasteiger partial charge in [0.2, 0.25) is 0 Å². The molecule has 1 fully saturated rings. The fourth-order valence-corrected chi connectivity index (χ4v) is 4.41. The molecule has 0 spiro atoms. The minimum Gasteiger partial charge on any atom is -0.318 e. The van der Waals surface area contributed by atoms with Crippen LogP contribution in [0.25, 0.3) is 11.8 Å². The third-order valence-electron chi connectivity index (χ3n) is 5.42. The number of aromatic nitrogens is 1. The molecule has 1 aliphatic rings. The van der Waals surface area contributed by atoms with Crippen LogP contribution < -0.4 is 10.2 Å². The molecule has 2 aromatic carbocycles. The molecule has 1 saturated heterocycles. The Morgan fingerprint density at radius 1 is 0.844 bits per heavy atom. The number of halogens is 1. The fourth-order valence-electron chi connectivity index (χ4n) is 4.05. The van der Waals surface area contributed by atoms with Gasteiger partial charge >= 0.3 is 6.03 Å². The molecule has 3 aromatic rings. The van der Waals surface area contributed by atoms with Gasteiger partial charge in [0.25, 0.3) is 11.8 Å². The fraction of sp³-hybridized carbons (Fsp3) is 0.160. The lowest BCUT2D eigenvalue weighted by atomic mass is 10.1. The molecule has 1 aromatic heterocycles. The molecule has 0 atom stereocenters. The zero-order chi connectivity index (χ0) is 23.2. The largest absolute Gasteiger partial charge is 0.335 e. The number of carbonyl (C=O) groups is 3. The van der Waals surface area contributed by atoms with Crippen molar-refractivity contribution >= 4 is 52.2 Å². The summed E-state index contributed by atoms with van der Waals surface area (Å²) >= 11 is 2.26.